The molecule has 2 aliphatic rings. The fourth-order valence-corrected chi connectivity index (χ4v) is 7.40. The van der Waals surface area contributed by atoms with Crippen LogP contribution in [0.15, 0.2) is 76.6 Å². The molecule has 45 heavy (non-hydrogen) atoms. The quantitative estimate of drug-likeness (QED) is 0.0445. The molecule has 0 bridgehead atoms. The molecule has 3 heterocycles. The molecule has 1 amide bonds. The normalized spacial score (nSPS) is 18.7. The van der Waals surface area contributed by atoms with Gasteiger partial charge in [-0.2, -0.15) is 0 Å². The summed E-state index contributed by atoms with van der Waals surface area (Å²) in [6.07, 6.45) is 3.79. The number of fused-ring (bicyclic) bond motifs is 1. The highest BCUT2D eigenvalue weighted by Gasteiger charge is 2.48. The number of aryl methyl sites for hydroxylation is 1. The van der Waals surface area contributed by atoms with Gasteiger partial charge in [-0.3, -0.25) is 14.5 Å². The van der Waals surface area contributed by atoms with E-state index in [1.54, 1.807) is 12.1 Å². The van der Waals surface area contributed by atoms with Crippen LogP contribution in [0, 0.1) is 6.92 Å². The van der Waals surface area contributed by atoms with E-state index in [0.717, 1.165) is 36.1 Å². The summed E-state index contributed by atoms with van der Waals surface area (Å²) < 4.78 is 12.5. The summed E-state index contributed by atoms with van der Waals surface area (Å²) in [7, 11) is 0. The van der Waals surface area contributed by atoms with Crippen LogP contribution in [0.4, 0.5) is 5.13 Å². The Hall–Kier alpha value is -4.15. The van der Waals surface area contributed by atoms with Crippen LogP contribution in [0.3, 0.4) is 0 Å². The summed E-state index contributed by atoms with van der Waals surface area (Å²) in [5, 5.41) is 20.7. The SMILES string of the molecule is CCCCCOc1cccc([C@H]2/C(=C(\O)c3ccc4c(c3)C[C@@H](C)O4)C(=O)C(=O)N2c2nnc(SCc3ccc(C)cc3)s2)c1. The van der Waals surface area contributed by atoms with Gasteiger partial charge in [0.05, 0.1) is 18.2 Å². The van der Waals surface area contributed by atoms with Gasteiger partial charge in [0.2, 0.25) is 5.13 Å². The van der Waals surface area contributed by atoms with E-state index in [9.17, 15) is 14.7 Å². The van der Waals surface area contributed by atoms with Crippen molar-refractivity contribution in [3.05, 3.63) is 100 Å². The number of unbranched alkanes of at least 4 members (excludes halogenated alkanes) is 2. The van der Waals surface area contributed by atoms with Crippen LogP contribution in [0.2, 0.25) is 0 Å². The van der Waals surface area contributed by atoms with Crippen LogP contribution in [0.25, 0.3) is 5.76 Å². The topological polar surface area (TPSA) is 102 Å². The Balaban J connectivity index is 1.37. The zero-order valence-electron chi connectivity index (χ0n) is 25.5. The molecule has 1 aromatic heterocycles. The number of rotatable bonds is 11. The van der Waals surface area contributed by atoms with Crippen LogP contribution < -0.4 is 14.4 Å². The summed E-state index contributed by atoms with van der Waals surface area (Å²) >= 11 is 2.77. The standard InChI is InChI=1S/C35H35N3O5S2/c1-4-5-6-16-42-27-9-7-8-24(19-27)30-29(31(39)25-14-15-28-26(18-25)17-22(3)43-28)32(40)33(41)38(30)34-36-37-35(45-34)44-20-23-12-10-21(2)11-13-23/h7-15,18-19,22,30,39H,4-6,16-17,20H2,1-3H3/b31-29+/t22-,30+/m1/s1. The van der Waals surface area contributed by atoms with Crippen LogP contribution >= 0.6 is 23.1 Å². The Labute approximate surface area is 271 Å². The van der Waals surface area contributed by atoms with E-state index in [-0.39, 0.29) is 22.6 Å². The van der Waals surface area contributed by atoms with Gasteiger partial charge < -0.3 is 14.6 Å². The lowest BCUT2D eigenvalue weighted by Crippen LogP contribution is -2.29. The summed E-state index contributed by atoms with van der Waals surface area (Å²) in [4.78, 5) is 28.8. The number of carbonyl (C=O) groups is 2. The predicted octanol–water partition coefficient (Wildman–Crippen LogP) is 7.66. The number of hydrogen-bond donors (Lipinski definition) is 1. The Morgan fingerprint density at radius 2 is 1.91 bits per heavy atom. The van der Waals surface area contributed by atoms with Gasteiger partial charge in [0.25, 0.3) is 5.78 Å². The fraction of sp³-hybridized carbons (Fsp3) is 0.314. The maximum absolute atomic E-state index is 13.7. The van der Waals surface area contributed by atoms with E-state index in [1.165, 1.54) is 33.6 Å². The number of ketones is 1. The number of benzene rings is 3. The first kappa shape index (κ1) is 30.9. The molecule has 3 aromatic carbocycles. The molecule has 0 spiro atoms. The second kappa shape index (κ2) is 13.5. The highest BCUT2D eigenvalue weighted by Crippen LogP contribution is 2.45. The molecule has 0 aliphatic carbocycles. The molecular formula is C35H35N3O5S2. The number of aliphatic hydroxyl groups excluding tert-OH is 1. The van der Waals surface area contributed by atoms with E-state index < -0.39 is 17.7 Å². The van der Waals surface area contributed by atoms with Crippen molar-refractivity contribution in [1.29, 1.82) is 0 Å². The van der Waals surface area contributed by atoms with Crippen molar-refractivity contribution in [3.8, 4) is 11.5 Å². The minimum Gasteiger partial charge on any atom is -0.507 e. The molecule has 2 atom stereocenters. The number of aromatic nitrogens is 2. The maximum atomic E-state index is 13.7. The van der Waals surface area contributed by atoms with Gasteiger partial charge in [0, 0.05) is 17.7 Å². The molecule has 8 nitrogen and oxygen atoms in total. The fourth-order valence-electron chi connectivity index (χ4n) is 5.57. The number of nitrogens with zero attached hydrogens (tertiary/aromatic N) is 3. The lowest BCUT2D eigenvalue weighted by Gasteiger charge is -2.23. The number of thioether (sulfide) groups is 1. The minimum atomic E-state index is -0.921. The molecule has 232 valence electrons. The first-order valence-corrected chi connectivity index (χ1v) is 17.0. The Kier molecular flexibility index (Phi) is 9.23. The molecule has 4 aromatic rings. The molecule has 0 unspecified atom stereocenters. The molecule has 0 radical (unpaired) electrons. The average molecular weight is 642 g/mol. The van der Waals surface area contributed by atoms with Crippen LogP contribution in [-0.2, 0) is 21.8 Å². The lowest BCUT2D eigenvalue weighted by atomic mass is 9.94. The van der Waals surface area contributed by atoms with E-state index in [1.807, 2.05) is 44.2 Å². The molecule has 1 N–H and O–H groups in total. The monoisotopic (exact) mass is 641 g/mol. The maximum Gasteiger partial charge on any atom is 0.301 e. The van der Waals surface area contributed by atoms with Gasteiger partial charge in [-0.25, -0.2) is 0 Å². The van der Waals surface area contributed by atoms with Gasteiger partial charge >= 0.3 is 5.91 Å². The largest absolute Gasteiger partial charge is 0.507 e. The van der Waals surface area contributed by atoms with Crippen molar-refractivity contribution < 1.29 is 24.2 Å². The summed E-state index contributed by atoms with van der Waals surface area (Å²) in [6.45, 7) is 6.73. The van der Waals surface area contributed by atoms with Crippen molar-refractivity contribution in [2.24, 2.45) is 0 Å². The summed E-state index contributed by atoms with van der Waals surface area (Å²) in [5.41, 5.74) is 4.36. The van der Waals surface area contributed by atoms with Crippen LogP contribution in [0.1, 0.15) is 67.0 Å². The second-order valence-corrected chi connectivity index (χ2v) is 13.6. The summed E-state index contributed by atoms with van der Waals surface area (Å²) in [5.74, 6) is 0.296. The van der Waals surface area contributed by atoms with E-state index >= 15 is 0 Å². The predicted molar refractivity (Wildman–Crippen MR) is 177 cm³/mol. The van der Waals surface area contributed by atoms with Crippen molar-refractivity contribution in [2.75, 3.05) is 11.5 Å². The Bertz CT molecular complexity index is 1750. The van der Waals surface area contributed by atoms with Crippen LogP contribution in [-0.4, -0.2) is 39.7 Å². The number of amides is 1. The number of carbonyl (C=O) groups excluding carboxylic acids is 2. The van der Waals surface area contributed by atoms with Crippen molar-refractivity contribution in [2.45, 2.75) is 68.7 Å². The molecule has 6 rings (SSSR count). The summed E-state index contributed by atoms with van der Waals surface area (Å²) in [6, 6.07) is 20.1. The number of Topliss-reactive ketones (excluding diaryl/α,β-unsaturated/α-hetero) is 1. The van der Waals surface area contributed by atoms with Crippen molar-refractivity contribution >= 4 is 45.7 Å². The zero-order chi connectivity index (χ0) is 31.5. The third-order valence-corrected chi connectivity index (χ3v) is 10.0. The Morgan fingerprint density at radius 3 is 2.71 bits per heavy atom. The number of anilines is 1. The van der Waals surface area contributed by atoms with Gasteiger partial charge in [-0.05, 0) is 67.3 Å². The third kappa shape index (κ3) is 6.62. The first-order chi connectivity index (χ1) is 21.8. The molecule has 10 heteroatoms. The third-order valence-electron chi connectivity index (χ3n) is 7.89. The van der Waals surface area contributed by atoms with Gasteiger partial charge in [-0.15, -0.1) is 10.2 Å². The molecule has 0 saturated carbocycles. The number of aliphatic hydroxyl groups is 1. The van der Waals surface area contributed by atoms with Crippen molar-refractivity contribution in [1.82, 2.24) is 10.2 Å². The number of ether oxygens (including phenoxy) is 2. The van der Waals surface area contributed by atoms with Gasteiger partial charge in [0.15, 0.2) is 4.34 Å². The highest BCUT2D eigenvalue weighted by atomic mass is 32.2. The first-order valence-electron chi connectivity index (χ1n) is 15.2. The van der Waals surface area contributed by atoms with Gasteiger partial charge in [0.1, 0.15) is 23.4 Å². The van der Waals surface area contributed by atoms with E-state index in [0.29, 0.717) is 40.0 Å². The molecule has 1 fully saturated rings. The van der Waals surface area contributed by atoms with Crippen molar-refractivity contribution in [3.63, 3.8) is 0 Å². The average Bonchev–Trinajstić information content (AvgIpc) is 3.73. The molecule has 1 saturated heterocycles. The minimum absolute atomic E-state index is 0.000829. The lowest BCUT2D eigenvalue weighted by molar-refractivity contribution is -0.132. The molecular weight excluding hydrogens is 607 g/mol. The molecule has 2 aliphatic heterocycles. The van der Waals surface area contributed by atoms with Gasteiger partial charge in [-0.1, -0.05) is 84.8 Å². The second-order valence-electron chi connectivity index (χ2n) is 11.4. The highest BCUT2D eigenvalue weighted by molar-refractivity contribution is 8.00. The smallest absolute Gasteiger partial charge is 0.301 e. The van der Waals surface area contributed by atoms with E-state index in [4.69, 9.17) is 9.47 Å². The number of hydrogen-bond acceptors (Lipinski definition) is 9. The van der Waals surface area contributed by atoms with E-state index in [2.05, 4.69) is 41.4 Å². The Morgan fingerprint density at radius 1 is 1.09 bits per heavy atom. The zero-order valence-corrected chi connectivity index (χ0v) is 27.1. The van der Waals surface area contributed by atoms with Crippen LogP contribution in [0.5, 0.6) is 11.5 Å².